The largest absolute Gasteiger partial charge is 0.508 e. The smallest absolute Gasteiger partial charge is 0.320 e. The van der Waals surface area contributed by atoms with E-state index in [1.165, 1.54) is 24.3 Å². The van der Waals surface area contributed by atoms with Gasteiger partial charge < -0.3 is 31.9 Å². The van der Waals surface area contributed by atoms with E-state index in [0.717, 1.165) is 11.1 Å². The van der Waals surface area contributed by atoms with Gasteiger partial charge in [-0.25, -0.2) is 0 Å². The van der Waals surface area contributed by atoms with Crippen molar-refractivity contribution in [2.75, 3.05) is 0 Å². The lowest BCUT2D eigenvalue weighted by molar-refractivity contribution is -0.139. The Hall–Kier alpha value is -2.81. The van der Waals surface area contributed by atoms with Crippen molar-refractivity contribution in [3.63, 3.8) is 0 Å². The number of nitrogens with two attached hydrogens (primary N) is 2. The van der Waals surface area contributed by atoms with Gasteiger partial charge >= 0.3 is 11.9 Å². The van der Waals surface area contributed by atoms with Crippen LogP contribution in [-0.2, 0) is 22.4 Å². The molecule has 2 aromatic rings. The first-order chi connectivity index (χ1) is 12.2. The first kappa shape index (κ1) is 24.2. The van der Waals surface area contributed by atoms with Gasteiger partial charge in [0.05, 0.1) is 0 Å². The maximum Gasteiger partial charge on any atom is 0.320 e. The Morgan fingerprint density at radius 2 is 0.963 bits per heavy atom. The molecule has 0 spiro atoms. The summed E-state index contributed by atoms with van der Waals surface area (Å²) in [6, 6.07) is 10.8. The molecular weight excluding hydrogens is 376 g/mol. The maximum absolute atomic E-state index is 10.4. The number of halogens is 1. The fourth-order valence-electron chi connectivity index (χ4n) is 1.95. The molecule has 0 aromatic heterocycles. The third kappa shape index (κ3) is 9.45. The molecule has 2 atom stereocenters. The molecule has 2 rings (SSSR count). The summed E-state index contributed by atoms with van der Waals surface area (Å²) in [5, 5.41) is 35.0. The van der Waals surface area contributed by atoms with Gasteiger partial charge in [-0.05, 0) is 48.2 Å². The van der Waals surface area contributed by atoms with E-state index < -0.39 is 24.0 Å². The molecule has 0 radical (unpaired) electrons. The molecule has 0 saturated carbocycles. The number of aliphatic carboxylic acids is 2. The monoisotopic (exact) mass is 398 g/mol. The van der Waals surface area contributed by atoms with Crippen LogP contribution in [0.2, 0.25) is 0 Å². The van der Waals surface area contributed by atoms with E-state index in [4.69, 9.17) is 31.9 Å². The second-order valence-corrected chi connectivity index (χ2v) is 5.63. The zero-order valence-corrected chi connectivity index (χ0v) is 15.2. The number of carboxylic acids is 2. The lowest BCUT2D eigenvalue weighted by atomic mass is 10.1. The summed E-state index contributed by atoms with van der Waals surface area (Å²) in [5.74, 6) is -1.72. The lowest BCUT2D eigenvalue weighted by Crippen LogP contribution is -2.32. The molecule has 0 fully saturated rings. The molecule has 8 N–H and O–H groups in total. The maximum atomic E-state index is 10.4. The molecule has 9 heteroatoms. The Morgan fingerprint density at radius 3 is 1.19 bits per heavy atom. The van der Waals surface area contributed by atoms with Crippen LogP contribution in [0.4, 0.5) is 0 Å². The average Bonchev–Trinajstić information content (AvgIpc) is 2.59. The Balaban J connectivity index is 0.000000483. The van der Waals surface area contributed by atoms with Gasteiger partial charge in [0.1, 0.15) is 23.6 Å². The Kier molecular flexibility index (Phi) is 10.5. The van der Waals surface area contributed by atoms with Crippen molar-refractivity contribution in [2.24, 2.45) is 11.5 Å². The summed E-state index contributed by atoms with van der Waals surface area (Å²) in [7, 11) is 0. The van der Waals surface area contributed by atoms with E-state index in [1.54, 1.807) is 24.3 Å². The quantitative estimate of drug-likeness (QED) is 0.420. The van der Waals surface area contributed by atoms with Crippen LogP contribution >= 0.6 is 12.4 Å². The van der Waals surface area contributed by atoms with E-state index >= 15 is 0 Å². The minimum Gasteiger partial charge on any atom is -0.508 e. The first-order valence-corrected chi connectivity index (χ1v) is 7.71. The van der Waals surface area contributed by atoms with Crippen molar-refractivity contribution < 1.29 is 30.0 Å². The summed E-state index contributed by atoms with van der Waals surface area (Å²) < 4.78 is 0. The van der Waals surface area contributed by atoms with Crippen molar-refractivity contribution >= 4 is 24.3 Å². The van der Waals surface area contributed by atoms with Gasteiger partial charge in [-0.1, -0.05) is 24.3 Å². The van der Waals surface area contributed by atoms with Gasteiger partial charge in [-0.2, -0.15) is 0 Å². The number of rotatable bonds is 6. The molecule has 0 heterocycles. The fraction of sp³-hybridized carbons (Fsp3) is 0.222. The zero-order chi connectivity index (χ0) is 19.7. The van der Waals surface area contributed by atoms with Crippen LogP contribution in [0, 0.1) is 0 Å². The van der Waals surface area contributed by atoms with Crippen LogP contribution in [0.5, 0.6) is 11.5 Å². The first-order valence-electron chi connectivity index (χ1n) is 7.71. The second kappa shape index (κ2) is 11.7. The Morgan fingerprint density at radius 1 is 0.704 bits per heavy atom. The number of carbonyl (C=O) groups is 2. The van der Waals surface area contributed by atoms with Crippen LogP contribution < -0.4 is 11.5 Å². The average molecular weight is 399 g/mol. The van der Waals surface area contributed by atoms with E-state index in [2.05, 4.69) is 0 Å². The van der Waals surface area contributed by atoms with Gasteiger partial charge in [-0.15, -0.1) is 12.4 Å². The minimum absolute atomic E-state index is 0. The van der Waals surface area contributed by atoms with E-state index in [0.29, 0.717) is 0 Å². The number of benzene rings is 2. The fourth-order valence-corrected chi connectivity index (χ4v) is 1.95. The number of aromatic hydroxyl groups is 2. The van der Waals surface area contributed by atoms with Crippen LogP contribution in [0.15, 0.2) is 48.5 Å². The highest BCUT2D eigenvalue weighted by atomic mass is 35.5. The number of hydrogen-bond donors (Lipinski definition) is 6. The predicted molar refractivity (Wildman–Crippen MR) is 102 cm³/mol. The minimum atomic E-state index is -1.02. The van der Waals surface area contributed by atoms with Gasteiger partial charge in [0, 0.05) is 0 Å². The molecule has 2 unspecified atom stereocenters. The molecule has 148 valence electrons. The molecule has 8 nitrogen and oxygen atoms in total. The third-order valence-electron chi connectivity index (χ3n) is 3.42. The molecule has 0 aliphatic heterocycles. The Labute approximate surface area is 162 Å². The summed E-state index contributed by atoms with van der Waals surface area (Å²) in [4.78, 5) is 20.8. The van der Waals surface area contributed by atoms with Gasteiger partial charge in [0.25, 0.3) is 0 Å². The number of phenolic OH excluding ortho intramolecular Hbond substituents is 2. The highest BCUT2D eigenvalue weighted by Crippen LogP contribution is 2.11. The molecule has 0 amide bonds. The van der Waals surface area contributed by atoms with Crippen LogP contribution in [0.25, 0.3) is 0 Å². The van der Waals surface area contributed by atoms with Gasteiger partial charge in [0.2, 0.25) is 0 Å². The van der Waals surface area contributed by atoms with Crippen molar-refractivity contribution in [2.45, 2.75) is 24.9 Å². The van der Waals surface area contributed by atoms with Gasteiger partial charge in [0.15, 0.2) is 0 Å². The lowest BCUT2D eigenvalue weighted by Gasteiger charge is -2.05. The van der Waals surface area contributed by atoms with Crippen molar-refractivity contribution in [3.8, 4) is 11.5 Å². The molecule has 0 bridgehead atoms. The molecular formula is C18H23ClN2O6. The molecule has 0 aliphatic carbocycles. The van der Waals surface area contributed by atoms with Crippen molar-refractivity contribution in [1.29, 1.82) is 0 Å². The van der Waals surface area contributed by atoms with Gasteiger partial charge in [-0.3, -0.25) is 9.59 Å². The highest BCUT2D eigenvalue weighted by Gasteiger charge is 2.12. The second-order valence-electron chi connectivity index (χ2n) is 5.63. The van der Waals surface area contributed by atoms with E-state index in [-0.39, 0.29) is 36.7 Å². The molecule has 2 aromatic carbocycles. The van der Waals surface area contributed by atoms with Crippen LogP contribution in [0.1, 0.15) is 11.1 Å². The third-order valence-corrected chi connectivity index (χ3v) is 3.42. The summed E-state index contributed by atoms with van der Waals surface area (Å²) in [5.41, 5.74) is 12.2. The SMILES string of the molecule is Cl.NC(Cc1ccc(O)cc1)C(=O)O.NC(Cc1ccc(O)cc1)C(=O)O. The number of carboxylic acid groups (broad SMARTS) is 2. The predicted octanol–water partition coefficient (Wildman–Crippen LogP) is 1.11. The normalized spacial score (nSPS) is 11.9. The van der Waals surface area contributed by atoms with E-state index in [9.17, 15) is 9.59 Å². The van der Waals surface area contributed by atoms with Crippen molar-refractivity contribution in [1.82, 2.24) is 0 Å². The summed E-state index contributed by atoms with van der Waals surface area (Å²) in [6.07, 6.45) is 0.547. The van der Waals surface area contributed by atoms with Crippen LogP contribution in [-0.4, -0.2) is 44.4 Å². The summed E-state index contributed by atoms with van der Waals surface area (Å²) in [6.45, 7) is 0. The number of hydrogen-bond acceptors (Lipinski definition) is 6. The number of phenols is 2. The molecule has 27 heavy (non-hydrogen) atoms. The summed E-state index contributed by atoms with van der Waals surface area (Å²) >= 11 is 0. The highest BCUT2D eigenvalue weighted by molar-refractivity contribution is 5.85. The van der Waals surface area contributed by atoms with Crippen LogP contribution in [0.3, 0.4) is 0 Å². The van der Waals surface area contributed by atoms with E-state index in [1.807, 2.05) is 0 Å². The zero-order valence-electron chi connectivity index (χ0n) is 14.4. The Bertz CT molecular complexity index is 658. The standard InChI is InChI=1S/2C9H11NO3.ClH/c2*10-8(9(12)13)5-6-1-3-7(11)4-2-6;/h2*1-4,8,11H,5,10H2,(H,12,13);1H. The van der Waals surface area contributed by atoms with Crippen molar-refractivity contribution in [3.05, 3.63) is 59.7 Å². The molecule has 0 saturated heterocycles. The topological polar surface area (TPSA) is 167 Å². The molecule has 0 aliphatic rings.